The average molecular weight is 471 g/mol. The maximum Gasteiger partial charge on any atom is 0.255 e. The Balaban J connectivity index is 1.38. The van der Waals surface area contributed by atoms with E-state index in [0.717, 1.165) is 19.6 Å². The number of nitrogens with one attached hydrogen (secondary N) is 1. The normalized spacial score (nSPS) is 20.8. The molecule has 2 aliphatic heterocycles. The van der Waals surface area contributed by atoms with Crippen LogP contribution < -0.4 is 5.32 Å². The van der Waals surface area contributed by atoms with Gasteiger partial charge in [-0.3, -0.25) is 19.4 Å². The molecular formula is C22H32Cl2N4O3. The summed E-state index contributed by atoms with van der Waals surface area (Å²) in [6.45, 7) is 11.2. The second kappa shape index (κ2) is 11.5. The zero-order chi connectivity index (χ0) is 22.4. The molecule has 2 saturated heterocycles. The highest BCUT2D eigenvalue weighted by Gasteiger charge is 2.25. The van der Waals surface area contributed by atoms with Gasteiger partial charge in [-0.25, -0.2) is 0 Å². The Hall–Kier alpha value is -1.38. The highest BCUT2D eigenvalue weighted by Crippen LogP contribution is 2.22. The van der Waals surface area contributed by atoms with Crippen molar-refractivity contribution in [1.29, 1.82) is 0 Å². The highest BCUT2D eigenvalue weighted by atomic mass is 35.5. The number of piperazine rings is 1. The lowest BCUT2D eigenvalue weighted by Gasteiger charge is -2.35. The monoisotopic (exact) mass is 470 g/mol. The van der Waals surface area contributed by atoms with Crippen LogP contribution in [0.2, 0.25) is 10.0 Å². The fourth-order valence-electron chi connectivity index (χ4n) is 4.02. The fourth-order valence-corrected chi connectivity index (χ4v) is 4.50. The number of halogens is 2. The van der Waals surface area contributed by atoms with Crippen molar-refractivity contribution in [3.63, 3.8) is 0 Å². The summed E-state index contributed by atoms with van der Waals surface area (Å²) in [7, 11) is 0. The first-order valence-electron chi connectivity index (χ1n) is 10.9. The number of benzene rings is 1. The van der Waals surface area contributed by atoms with Gasteiger partial charge in [-0.15, -0.1) is 0 Å². The standard InChI is InChI=1S/C22H32Cl2N4O3/c1-16(2)13-27-9-10-31-18(14-27)12-25-21(29)15-26-5-7-28(8-6-26)22(30)19-4-3-17(23)11-20(19)24/h3-4,11,16,18H,5-10,12-15H2,1-2H3,(H,25,29). The molecule has 9 heteroatoms. The summed E-state index contributed by atoms with van der Waals surface area (Å²) in [6, 6.07) is 4.90. The molecule has 0 aromatic heterocycles. The van der Waals surface area contributed by atoms with Gasteiger partial charge >= 0.3 is 0 Å². The molecular weight excluding hydrogens is 439 g/mol. The Kier molecular flexibility index (Phi) is 8.98. The van der Waals surface area contributed by atoms with Crippen molar-refractivity contribution in [2.24, 2.45) is 5.92 Å². The molecule has 3 rings (SSSR count). The molecule has 1 atom stereocenters. The Morgan fingerprint density at radius 1 is 1.13 bits per heavy atom. The van der Waals surface area contributed by atoms with Crippen molar-refractivity contribution in [2.75, 3.05) is 65.5 Å². The molecule has 0 saturated carbocycles. The summed E-state index contributed by atoms with van der Waals surface area (Å²) in [5, 5.41) is 3.86. The molecule has 1 N–H and O–H groups in total. The SMILES string of the molecule is CC(C)CN1CCOC(CNC(=O)CN2CCN(C(=O)c3ccc(Cl)cc3Cl)CC2)C1. The summed E-state index contributed by atoms with van der Waals surface area (Å²) < 4.78 is 5.80. The minimum absolute atomic E-state index is 0.00916. The van der Waals surface area contributed by atoms with Gasteiger partial charge in [0.05, 0.1) is 29.8 Å². The maximum atomic E-state index is 12.7. The molecule has 31 heavy (non-hydrogen) atoms. The van der Waals surface area contributed by atoms with Gasteiger partial charge in [-0.05, 0) is 24.1 Å². The summed E-state index contributed by atoms with van der Waals surface area (Å²) in [5.74, 6) is 0.505. The van der Waals surface area contributed by atoms with Crippen molar-refractivity contribution in [2.45, 2.75) is 20.0 Å². The zero-order valence-corrected chi connectivity index (χ0v) is 19.8. The minimum Gasteiger partial charge on any atom is -0.374 e. The number of carbonyl (C=O) groups excluding carboxylic acids is 2. The van der Waals surface area contributed by atoms with Gasteiger partial charge in [0, 0.05) is 57.4 Å². The number of hydrogen-bond acceptors (Lipinski definition) is 5. The lowest BCUT2D eigenvalue weighted by molar-refractivity contribution is -0.123. The highest BCUT2D eigenvalue weighted by molar-refractivity contribution is 6.36. The van der Waals surface area contributed by atoms with Crippen LogP contribution >= 0.6 is 23.2 Å². The second-order valence-corrected chi connectivity index (χ2v) is 9.49. The van der Waals surface area contributed by atoms with E-state index in [1.165, 1.54) is 0 Å². The van der Waals surface area contributed by atoms with Gasteiger partial charge in [0.2, 0.25) is 5.91 Å². The quantitative estimate of drug-likeness (QED) is 0.661. The van der Waals surface area contributed by atoms with Crippen molar-refractivity contribution < 1.29 is 14.3 Å². The summed E-state index contributed by atoms with van der Waals surface area (Å²) in [5.41, 5.74) is 0.455. The first kappa shape index (κ1) is 24.3. The third-order valence-electron chi connectivity index (χ3n) is 5.56. The topological polar surface area (TPSA) is 65.1 Å². The van der Waals surface area contributed by atoms with E-state index in [1.807, 2.05) is 0 Å². The zero-order valence-electron chi connectivity index (χ0n) is 18.3. The van der Waals surface area contributed by atoms with Crippen LogP contribution in [0.5, 0.6) is 0 Å². The number of hydrogen-bond donors (Lipinski definition) is 1. The van der Waals surface area contributed by atoms with Crippen molar-refractivity contribution in [1.82, 2.24) is 20.0 Å². The number of ether oxygens (including phenoxy) is 1. The average Bonchev–Trinajstić information content (AvgIpc) is 2.72. The molecule has 1 unspecified atom stereocenters. The fraction of sp³-hybridized carbons (Fsp3) is 0.636. The van der Waals surface area contributed by atoms with Gasteiger partial charge in [-0.2, -0.15) is 0 Å². The molecule has 2 amide bonds. The predicted molar refractivity (Wildman–Crippen MR) is 123 cm³/mol. The van der Waals surface area contributed by atoms with E-state index in [4.69, 9.17) is 27.9 Å². The molecule has 1 aromatic carbocycles. The van der Waals surface area contributed by atoms with Gasteiger partial charge in [0.15, 0.2) is 0 Å². The Bertz CT molecular complexity index is 769. The third-order valence-corrected chi connectivity index (χ3v) is 6.11. The molecule has 7 nitrogen and oxygen atoms in total. The van der Waals surface area contributed by atoms with Crippen LogP contribution in [-0.2, 0) is 9.53 Å². The molecule has 2 aliphatic rings. The summed E-state index contributed by atoms with van der Waals surface area (Å²) >= 11 is 12.1. The van der Waals surface area contributed by atoms with Crippen LogP contribution in [0, 0.1) is 5.92 Å². The van der Waals surface area contributed by atoms with Crippen LogP contribution in [0.1, 0.15) is 24.2 Å². The Morgan fingerprint density at radius 2 is 1.87 bits per heavy atom. The van der Waals surface area contributed by atoms with Crippen LogP contribution in [0.25, 0.3) is 0 Å². The molecule has 0 bridgehead atoms. The van der Waals surface area contributed by atoms with E-state index in [-0.39, 0.29) is 17.9 Å². The van der Waals surface area contributed by atoms with E-state index in [1.54, 1.807) is 23.1 Å². The van der Waals surface area contributed by atoms with Crippen LogP contribution in [0.4, 0.5) is 0 Å². The number of rotatable bonds is 7. The second-order valence-electron chi connectivity index (χ2n) is 8.64. The van der Waals surface area contributed by atoms with Gasteiger partial charge in [0.25, 0.3) is 5.91 Å². The molecule has 0 aliphatic carbocycles. The van der Waals surface area contributed by atoms with E-state index in [2.05, 4.69) is 29.0 Å². The van der Waals surface area contributed by atoms with Crippen molar-refractivity contribution in [3.05, 3.63) is 33.8 Å². The first-order valence-corrected chi connectivity index (χ1v) is 11.6. The van der Waals surface area contributed by atoms with Crippen LogP contribution in [0.15, 0.2) is 18.2 Å². The van der Waals surface area contributed by atoms with E-state index in [9.17, 15) is 9.59 Å². The van der Waals surface area contributed by atoms with Gasteiger partial charge in [-0.1, -0.05) is 37.0 Å². The van der Waals surface area contributed by atoms with Crippen molar-refractivity contribution in [3.8, 4) is 0 Å². The Labute approximate surface area is 194 Å². The summed E-state index contributed by atoms with van der Waals surface area (Å²) in [4.78, 5) is 31.3. The lowest BCUT2D eigenvalue weighted by atomic mass is 10.1. The number of carbonyl (C=O) groups is 2. The van der Waals surface area contributed by atoms with E-state index in [0.29, 0.717) is 67.4 Å². The summed E-state index contributed by atoms with van der Waals surface area (Å²) in [6.07, 6.45) is 0.0371. The maximum absolute atomic E-state index is 12.7. The molecule has 0 spiro atoms. The van der Waals surface area contributed by atoms with Crippen LogP contribution in [0.3, 0.4) is 0 Å². The van der Waals surface area contributed by atoms with Gasteiger partial charge in [0.1, 0.15) is 0 Å². The van der Waals surface area contributed by atoms with Crippen molar-refractivity contribution >= 4 is 35.0 Å². The van der Waals surface area contributed by atoms with E-state index < -0.39 is 0 Å². The number of nitrogens with zero attached hydrogens (tertiary/aromatic N) is 3. The first-order chi connectivity index (χ1) is 14.8. The molecule has 2 fully saturated rings. The third kappa shape index (κ3) is 7.32. The number of morpholine rings is 1. The molecule has 172 valence electrons. The predicted octanol–water partition coefficient (Wildman–Crippen LogP) is 2.22. The molecule has 1 aromatic rings. The Morgan fingerprint density at radius 3 is 2.55 bits per heavy atom. The smallest absolute Gasteiger partial charge is 0.255 e. The largest absolute Gasteiger partial charge is 0.374 e. The molecule has 0 radical (unpaired) electrons. The number of amides is 2. The van der Waals surface area contributed by atoms with Gasteiger partial charge < -0.3 is 15.0 Å². The minimum atomic E-state index is -0.105. The molecule has 2 heterocycles. The van der Waals surface area contributed by atoms with Crippen LogP contribution in [-0.4, -0.2) is 98.1 Å². The lowest BCUT2D eigenvalue weighted by Crippen LogP contribution is -2.52. The van der Waals surface area contributed by atoms with E-state index >= 15 is 0 Å².